The van der Waals surface area contributed by atoms with Crippen molar-refractivity contribution in [3.63, 3.8) is 0 Å². The maximum atomic E-state index is 12.1. The maximum Gasteiger partial charge on any atom is 0.271 e. The lowest BCUT2D eigenvalue weighted by atomic mass is 10.0. The topological polar surface area (TPSA) is 78.1 Å². The third-order valence-corrected chi connectivity index (χ3v) is 4.26. The summed E-state index contributed by atoms with van der Waals surface area (Å²) in [5, 5.41) is 9.00. The van der Waals surface area contributed by atoms with Crippen LogP contribution < -0.4 is 10.9 Å². The molecule has 0 unspecified atom stereocenters. The molecule has 0 spiro atoms. The van der Waals surface area contributed by atoms with Gasteiger partial charge in [0.1, 0.15) is 5.69 Å². The predicted molar refractivity (Wildman–Crippen MR) is 85.9 cm³/mol. The van der Waals surface area contributed by atoms with Crippen LogP contribution in [0.5, 0.6) is 0 Å². The van der Waals surface area contributed by atoms with Crippen LogP contribution in [0.4, 0.5) is 0 Å². The van der Waals surface area contributed by atoms with Gasteiger partial charge in [-0.05, 0) is 37.9 Å². The van der Waals surface area contributed by atoms with Gasteiger partial charge in [-0.25, -0.2) is 5.10 Å². The van der Waals surface area contributed by atoms with E-state index in [1.807, 2.05) is 0 Å². The van der Waals surface area contributed by atoms with E-state index in [0.717, 1.165) is 13.1 Å². The molecule has 1 aromatic heterocycles. The average Bonchev–Trinajstić information content (AvgIpc) is 2.77. The molecule has 0 bridgehead atoms. The highest BCUT2D eigenvalue weighted by molar-refractivity contribution is 5.91. The van der Waals surface area contributed by atoms with Gasteiger partial charge in [-0.15, -0.1) is 0 Å². The molecule has 0 aliphatic carbocycles. The van der Waals surface area contributed by atoms with Gasteiger partial charge in [0, 0.05) is 18.7 Å². The zero-order chi connectivity index (χ0) is 15.9. The summed E-state index contributed by atoms with van der Waals surface area (Å²) in [6.07, 6.45) is 5.07. The van der Waals surface area contributed by atoms with Gasteiger partial charge < -0.3 is 5.32 Å². The van der Waals surface area contributed by atoms with Gasteiger partial charge in [0.25, 0.3) is 11.5 Å². The first-order chi connectivity index (χ1) is 10.6. The van der Waals surface area contributed by atoms with Gasteiger partial charge >= 0.3 is 0 Å². The Hall–Kier alpha value is -1.69. The Balaban J connectivity index is 1.94. The smallest absolute Gasteiger partial charge is 0.271 e. The number of carbonyl (C=O) groups is 1. The Kier molecular flexibility index (Phi) is 6.12. The zero-order valence-corrected chi connectivity index (χ0v) is 13.5. The van der Waals surface area contributed by atoms with Gasteiger partial charge in [0.05, 0.1) is 0 Å². The lowest BCUT2D eigenvalue weighted by Crippen LogP contribution is -2.47. The highest BCUT2D eigenvalue weighted by Gasteiger charge is 2.23. The molecular weight excluding hydrogens is 280 g/mol. The summed E-state index contributed by atoms with van der Waals surface area (Å²) in [6, 6.07) is 3.10. The van der Waals surface area contributed by atoms with E-state index in [9.17, 15) is 9.59 Å². The molecule has 0 radical (unpaired) electrons. The SMILES string of the molecule is CC(C)[C@@H](CNC(=O)c1ccc(=O)[nH]n1)N1CCCCCC1. The summed E-state index contributed by atoms with van der Waals surface area (Å²) in [6.45, 7) is 7.21. The van der Waals surface area contributed by atoms with Crippen LogP contribution in [-0.4, -0.2) is 46.7 Å². The van der Waals surface area contributed by atoms with Crippen LogP contribution in [0.1, 0.15) is 50.0 Å². The lowest BCUT2D eigenvalue weighted by molar-refractivity contribution is 0.0911. The molecule has 6 nitrogen and oxygen atoms in total. The number of carbonyl (C=O) groups excluding carboxylic acids is 1. The number of hydrogen-bond donors (Lipinski definition) is 2. The quantitative estimate of drug-likeness (QED) is 0.862. The zero-order valence-electron chi connectivity index (χ0n) is 13.5. The van der Waals surface area contributed by atoms with Crippen LogP contribution in [-0.2, 0) is 0 Å². The summed E-state index contributed by atoms with van der Waals surface area (Å²) in [5.41, 5.74) is -0.0563. The molecule has 1 atom stereocenters. The fraction of sp³-hybridized carbons (Fsp3) is 0.688. The summed E-state index contributed by atoms with van der Waals surface area (Å²) >= 11 is 0. The summed E-state index contributed by atoms with van der Waals surface area (Å²) in [7, 11) is 0. The second kappa shape index (κ2) is 8.08. The summed E-state index contributed by atoms with van der Waals surface area (Å²) < 4.78 is 0. The van der Waals surface area contributed by atoms with Crippen molar-refractivity contribution in [2.24, 2.45) is 5.92 Å². The van der Waals surface area contributed by atoms with Crippen LogP contribution in [0.3, 0.4) is 0 Å². The second-order valence-electron chi connectivity index (χ2n) is 6.28. The number of hydrogen-bond acceptors (Lipinski definition) is 4. The number of aromatic amines is 1. The number of likely N-dealkylation sites (tertiary alicyclic amines) is 1. The van der Waals surface area contributed by atoms with Crippen molar-refractivity contribution in [2.45, 2.75) is 45.6 Å². The first-order valence-electron chi connectivity index (χ1n) is 8.16. The Morgan fingerprint density at radius 3 is 2.50 bits per heavy atom. The van der Waals surface area contributed by atoms with Crippen LogP contribution in [0.15, 0.2) is 16.9 Å². The largest absolute Gasteiger partial charge is 0.349 e. The highest BCUT2D eigenvalue weighted by atomic mass is 16.2. The van der Waals surface area contributed by atoms with E-state index < -0.39 is 0 Å². The number of nitrogens with one attached hydrogen (secondary N) is 2. The van der Waals surface area contributed by atoms with Crippen LogP contribution in [0.25, 0.3) is 0 Å². The van der Waals surface area contributed by atoms with E-state index in [4.69, 9.17) is 0 Å². The third-order valence-electron chi connectivity index (χ3n) is 4.26. The molecule has 0 aromatic carbocycles. The van der Waals surface area contributed by atoms with Gasteiger partial charge in [0.2, 0.25) is 0 Å². The van der Waals surface area contributed by atoms with Crippen molar-refractivity contribution in [3.8, 4) is 0 Å². The number of aromatic nitrogens is 2. The van der Waals surface area contributed by atoms with Crippen LogP contribution in [0.2, 0.25) is 0 Å². The Morgan fingerprint density at radius 2 is 1.95 bits per heavy atom. The average molecular weight is 306 g/mol. The minimum atomic E-state index is -0.304. The summed E-state index contributed by atoms with van der Waals surface area (Å²) in [4.78, 5) is 25.6. The number of nitrogens with zero attached hydrogens (tertiary/aromatic N) is 2. The molecule has 1 aliphatic heterocycles. The van der Waals surface area contributed by atoms with Crippen molar-refractivity contribution in [1.82, 2.24) is 20.4 Å². The number of amides is 1. The van der Waals surface area contributed by atoms with Crippen molar-refractivity contribution >= 4 is 5.91 Å². The number of H-pyrrole nitrogens is 1. The molecule has 22 heavy (non-hydrogen) atoms. The molecule has 1 fully saturated rings. The maximum absolute atomic E-state index is 12.1. The Labute approximate surface area is 131 Å². The van der Waals surface area contributed by atoms with Gasteiger partial charge in [-0.2, -0.15) is 5.10 Å². The van der Waals surface area contributed by atoms with Crippen LogP contribution in [0, 0.1) is 5.92 Å². The Morgan fingerprint density at radius 1 is 1.27 bits per heavy atom. The predicted octanol–water partition coefficient (Wildman–Crippen LogP) is 1.40. The fourth-order valence-corrected chi connectivity index (χ4v) is 2.97. The Bertz CT molecular complexity index is 513. The molecule has 6 heteroatoms. The standard InChI is InChI=1S/C16H26N4O2/c1-12(2)14(20-9-5-3-4-6-10-20)11-17-16(22)13-7-8-15(21)19-18-13/h7-8,12,14H,3-6,9-11H2,1-2H3,(H,17,22)(H,19,21)/t14-/m1/s1. The molecule has 1 amide bonds. The van der Waals surface area contributed by atoms with Gasteiger partial charge in [-0.1, -0.05) is 26.7 Å². The third kappa shape index (κ3) is 4.66. The normalized spacial score (nSPS) is 18.0. The van der Waals surface area contributed by atoms with Gasteiger partial charge in [0.15, 0.2) is 0 Å². The highest BCUT2D eigenvalue weighted by Crippen LogP contribution is 2.17. The monoisotopic (exact) mass is 306 g/mol. The van der Waals surface area contributed by atoms with E-state index in [-0.39, 0.29) is 17.2 Å². The fourth-order valence-electron chi connectivity index (χ4n) is 2.97. The molecule has 2 rings (SSSR count). The minimum absolute atomic E-state index is 0.239. The van der Waals surface area contributed by atoms with E-state index in [2.05, 4.69) is 34.3 Å². The first-order valence-corrected chi connectivity index (χ1v) is 8.16. The lowest BCUT2D eigenvalue weighted by Gasteiger charge is -2.33. The van der Waals surface area contributed by atoms with E-state index in [1.54, 1.807) is 0 Å². The van der Waals surface area contributed by atoms with Crippen molar-refractivity contribution in [3.05, 3.63) is 28.2 Å². The molecule has 122 valence electrons. The molecular formula is C16H26N4O2. The molecule has 1 aliphatic rings. The van der Waals surface area contributed by atoms with E-state index in [1.165, 1.54) is 37.8 Å². The van der Waals surface area contributed by atoms with E-state index in [0.29, 0.717) is 18.5 Å². The van der Waals surface area contributed by atoms with Crippen molar-refractivity contribution < 1.29 is 4.79 Å². The summed E-state index contributed by atoms with van der Waals surface area (Å²) in [5.74, 6) is 0.235. The molecule has 1 saturated heterocycles. The van der Waals surface area contributed by atoms with E-state index >= 15 is 0 Å². The molecule has 1 aromatic rings. The van der Waals surface area contributed by atoms with Crippen molar-refractivity contribution in [1.29, 1.82) is 0 Å². The molecule has 0 saturated carbocycles. The molecule has 2 N–H and O–H groups in total. The first kappa shape index (κ1) is 16.7. The van der Waals surface area contributed by atoms with Gasteiger partial charge in [-0.3, -0.25) is 14.5 Å². The number of rotatable bonds is 5. The minimum Gasteiger partial charge on any atom is -0.349 e. The van der Waals surface area contributed by atoms with Crippen molar-refractivity contribution in [2.75, 3.05) is 19.6 Å². The molecule has 2 heterocycles. The second-order valence-corrected chi connectivity index (χ2v) is 6.28. The van der Waals surface area contributed by atoms with Crippen LogP contribution >= 0.6 is 0 Å².